The van der Waals surface area contributed by atoms with Crippen molar-refractivity contribution in [2.45, 2.75) is 0 Å². The molecule has 1 fully saturated rings. The smallest absolute Gasteiger partial charge is 0.256 e. The fourth-order valence-electron chi connectivity index (χ4n) is 2.41. The molecule has 6 heteroatoms. The Morgan fingerprint density at radius 2 is 1.95 bits per heavy atom. The first kappa shape index (κ1) is 15.7. The quantitative estimate of drug-likeness (QED) is 0.832. The highest BCUT2D eigenvalue weighted by atomic mass is 19.1. The van der Waals surface area contributed by atoms with Gasteiger partial charge >= 0.3 is 0 Å². The van der Waals surface area contributed by atoms with Crippen LogP contribution < -0.4 is 5.73 Å². The number of nitrogen functional groups attached to an aromatic ring is 1. The molecule has 1 aromatic carbocycles. The van der Waals surface area contributed by atoms with Crippen LogP contribution in [-0.2, 0) is 0 Å². The minimum absolute atomic E-state index is 0.0578. The Morgan fingerprint density at radius 3 is 2.57 bits per heavy atom. The molecule has 0 aromatic heterocycles. The van der Waals surface area contributed by atoms with Crippen LogP contribution in [0.15, 0.2) is 18.2 Å². The van der Waals surface area contributed by atoms with Gasteiger partial charge in [0.25, 0.3) is 5.91 Å². The molecule has 1 aromatic rings. The SMILES string of the molecule is CN(C)CCN1CCN(C(=O)c2cccc(F)c2N)CC1. The molecule has 2 rings (SSSR count). The minimum Gasteiger partial charge on any atom is -0.396 e. The highest BCUT2D eigenvalue weighted by molar-refractivity contribution is 5.99. The van der Waals surface area contributed by atoms with Crippen LogP contribution in [-0.4, -0.2) is 74.0 Å². The van der Waals surface area contributed by atoms with E-state index in [9.17, 15) is 9.18 Å². The van der Waals surface area contributed by atoms with Crippen LogP contribution in [0.5, 0.6) is 0 Å². The van der Waals surface area contributed by atoms with Crippen LogP contribution in [0.4, 0.5) is 10.1 Å². The Morgan fingerprint density at radius 1 is 1.29 bits per heavy atom. The standard InChI is InChI=1S/C15H23FN4O/c1-18(2)6-7-19-8-10-20(11-9-19)15(21)12-4-3-5-13(16)14(12)17/h3-5H,6-11,17H2,1-2H3. The Bertz CT molecular complexity index is 498. The van der Waals surface area contributed by atoms with Crippen LogP contribution in [0.2, 0.25) is 0 Å². The number of rotatable bonds is 4. The summed E-state index contributed by atoms with van der Waals surface area (Å²) in [6.45, 7) is 5.00. The van der Waals surface area contributed by atoms with Gasteiger partial charge in [0.05, 0.1) is 11.3 Å². The number of hydrogen-bond donors (Lipinski definition) is 1. The number of amides is 1. The van der Waals surface area contributed by atoms with E-state index < -0.39 is 5.82 Å². The molecule has 1 aliphatic rings. The van der Waals surface area contributed by atoms with Gasteiger partial charge in [0.2, 0.25) is 0 Å². The van der Waals surface area contributed by atoms with Crippen molar-refractivity contribution in [1.82, 2.24) is 14.7 Å². The summed E-state index contributed by atoms with van der Waals surface area (Å²) in [5, 5.41) is 0. The van der Waals surface area contributed by atoms with Crippen LogP contribution in [0, 0.1) is 5.82 Å². The molecule has 0 atom stereocenters. The van der Waals surface area contributed by atoms with Crippen molar-refractivity contribution < 1.29 is 9.18 Å². The molecule has 0 saturated carbocycles. The lowest BCUT2D eigenvalue weighted by Crippen LogP contribution is -2.50. The number of para-hydroxylation sites is 1. The molecule has 0 bridgehead atoms. The van der Waals surface area contributed by atoms with Crippen molar-refractivity contribution in [2.75, 3.05) is 59.1 Å². The van der Waals surface area contributed by atoms with E-state index in [1.807, 2.05) is 14.1 Å². The van der Waals surface area contributed by atoms with E-state index >= 15 is 0 Å². The van der Waals surface area contributed by atoms with E-state index in [1.165, 1.54) is 12.1 Å². The Balaban J connectivity index is 1.93. The van der Waals surface area contributed by atoms with E-state index in [1.54, 1.807) is 11.0 Å². The lowest BCUT2D eigenvalue weighted by molar-refractivity contribution is 0.0630. The third-order valence-electron chi connectivity index (χ3n) is 3.81. The van der Waals surface area contributed by atoms with Gasteiger partial charge in [-0.15, -0.1) is 0 Å². The molecule has 21 heavy (non-hydrogen) atoms. The summed E-state index contributed by atoms with van der Waals surface area (Å²) in [6, 6.07) is 4.37. The minimum atomic E-state index is -0.537. The monoisotopic (exact) mass is 294 g/mol. The number of nitrogens with zero attached hydrogens (tertiary/aromatic N) is 3. The zero-order chi connectivity index (χ0) is 15.4. The summed E-state index contributed by atoms with van der Waals surface area (Å²) in [6.07, 6.45) is 0. The molecule has 2 N–H and O–H groups in total. The highest BCUT2D eigenvalue weighted by Crippen LogP contribution is 2.18. The first-order valence-electron chi connectivity index (χ1n) is 7.19. The maximum absolute atomic E-state index is 13.4. The van der Waals surface area contributed by atoms with E-state index in [0.717, 1.165) is 26.2 Å². The molecule has 116 valence electrons. The molecule has 5 nitrogen and oxygen atoms in total. The van der Waals surface area contributed by atoms with Crippen molar-refractivity contribution >= 4 is 11.6 Å². The normalized spacial score (nSPS) is 16.5. The topological polar surface area (TPSA) is 52.8 Å². The van der Waals surface area contributed by atoms with Gasteiger partial charge in [-0.3, -0.25) is 9.69 Å². The fourth-order valence-corrected chi connectivity index (χ4v) is 2.41. The predicted octanol–water partition coefficient (Wildman–Crippen LogP) is 0.727. The average Bonchev–Trinajstić information content (AvgIpc) is 2.48. The zero-order valence-corrected chi connectivity index (χ0v) is 12.7. The average molecular weight is 294 g/mol. The number of hydrogen-bond acceptors (Lipinski definition) is 4. The fraction of sp³-hybridized carbons (Fsp3) is 0.533. The second kappa shape index (κ2) is 6.87. The second-order valence-corrected chi connectivity index (χ2v) is 5.64. The third-order valence-corrected chi connectivity index (χ3v) is 3.81. The van der Waals surface area contributed by atoms with Crippen molar-refractivity contribution in [2.24, 2.45) is 0 Å². The van der Waals surface area contributed by atoms with E-state index in [-0.39, 0.29) is 17.2 Å². The van der Waals surface area contributed by atoms with Gasteiger partial charge in [0.1, 0.15) is 5.82 Å². The summed E-state index contributed by atoms with van der Waals surface area (Å²) in [4.78, 5) is 18.6. The van der Waals surface area contributed by atoms with E-state index in [4.69, 9.17) is 5.73 Å². The molecular formula is C15H23FN4O. The van der Waals surface area contributed by atoms with Crippen molar-refractivity contribution in [3.63, 3.8) is 0 Å². The van der Waals surface area contributed by atoms with Crippen molar-refractivity contribution in [3.05, 3.63) is 29.6 Å². The van der Waals surface area contributed by atoms with E-state index in [2.05, 4.69) is 9.80 Å². The first-order valence-corrected chi connectivity index (χ1v) is 7.19. The summed E-state index contributed by atoms with van der Waals surface area (Å²) < 4.78 is 13.4. The van der Waals surface area contributed by atoms with Crippen LogP contribution in [0.1, 0.15) is 10.4 Å². The number of carbonyl (C=O) groups excluding carboxylic acids is 1. The number of piperazine rings is 1. The van der Waals surface area contributed by atoms with Gasteiger partial charge < -0.3 is 15.5 Å². The van der Waals surface area contributed by atoms with Gasteiger partial charge in [-0.1, -0.05) is 6.07 Å². The van der Waals surface area contributed by atoms with Gasteiger partial charge in [-0.2, -0.15) is 0 Å². The van der Waals surface area contributed by atoms with Crippen molar-refractivity contribution in [1.29, 1.82) is 0 Å². The number of anilines is 1. The van der Waals surface area contributed by atoms with Crippen LogP contribution in [0.25, 0.3) is 0 Å². The highest BCUT2D eigenvalue weighted by Gasteiger charge is 2.23. The molecule has 0 aliphatic carbocycles. The van der Waals surface area contributed by atoms with Crippen LogP contribution in [0.3, 0.4) is 0 Å². The number of likely N-dealkylation sites (N-methyl/N-ethyl adjacent to an activating group) is 1. The van der Waals surface area contributed by atoms with E-state index in [0.29, 0.717) is 13.1 Å². The Labute approximate surface area is 125 Å². The predicted molar refractivity (Wildman–Crippen MR) is 81.7 cm³/mol. The van der Waals surface area contributed by atoms with Gasteiger partial charge in [-0.25, -0.2) is 4.39 Å². The summed E-state index contributed by atoms with van der Waals surface area (Å²) >= 11 is 0. The van der Waals surface area contributed by atoms with Gasteiger partial charge in [-0.05, 0) is 26.2 Å². The number of nitrogens with two attached hydrogens (primary N) is 1. The summed E-state index contributed by atoms with van der Waals surface area (Å²) in [5.41, 5.74) is 5.86. The maximum Gasteiger partial charge on any atom is 0.256 e. The number of benzene rings is 1. The molecule has 0 unspecified atom stereocenters. The summed E-state index contributed by atoms with van der Waals surface area (Å²) in [7, 11) is 4.10. The Hall–Kier alpha value is -1.66. The third kappa shape index (κ3) is 3.92. The molecule has 0 radical (unpaired) electrons. The Kier molecular flexibility index (Phi) is 5.14. The molecule has 1 heterocycles. The van der Waals surface area contributed by atoms with Gasteiger partial charge in [0, 0.05) is 39.3 Å². The summed E-state index contributed by atoms with van der Waals surface area (Å²) in [5.74, 6) is -0.718. The molecule has 1 amide bonds. The number of carbonyl (C=O) groups is 1. The molecule has 0 spiro atoms. The number of halogens is 1. The van der Waals surface area contributed by atoms with Crippen molar-refractivity contribution in [3.8, 4) is 0 Å². The second-order valence-electron chi connectivity index (χ2n) is 5.64. The first-order chi connectivity index (χ1) is 9.99. The molecule has 1 saturated heterocycles. The lowest BCUT2D eigenvalue weighted by atomic mass is 10.1. The molecule has 1 aliphatic heterocycles. The van der Waals surface area contributed by atoms with Crippen LogP contribution >= 0.6 is 0 Å². The zero-order valence-electron chi connectivity index (χ0n) is 12.7. The maximum atomic E-state index is 13.4. The lowest BCUT2D eigenvalue weighted by Gasteiger charge is -2.35. The van der Waals surface area contributed by atoms with Gasteiger partial charge in [0.15, 0.2) is 0 Å². The largest absolute Gasteiger partial charge is 0.396 e. The molecular weight excluding hydrogens is 271 g/mol.